The summed E-state index contributed by atoms with van der Waals surface area (Å²) in [7, 11) is 2.11. The molecule has 1 heterocycles. The van der Waals surface area contributed by atoms with E-state index in [-0.39, 0.29) is 0 Å². The fraction of sp³-hybridized carbons (Fsp3) is 1.00. The van der Waals surface area contributed by atoms with Crippen LogP contribution in [0.4, 0.5) is 0 Å². The number of nitrogens with one attached hydrogen (secondary N) is 1. The Labute approximate surface area is 124 Å². The van der Waals surface area contributed by atoms with Crippen molar-refractivity contribution in [2.45, 2.75) is 63.8 Å². The van der Waals surface area contributed by atoms with E-state index in [0.29, 0.717) is 0 Å². The molecule has 5 rings (SSSR count). The zero-order chi connectivity index (χ0) is 13.6. The Balaban J connectivity index is 1.37. The van der Waals surface area contributed by atoms with Gasteiger partial charge in [-0.15, -0.1) is 0 Å². The van der Waals surface area contributed by atoms with Crippen LogP contribution in [0.15, 0.2) is 0 Å². The quantitative estimate of drug-likeness (QED) is 0.829. The number of rotatable bonds is 5. The molecule has 2 heteroatoms. The molecule has 4 saturated carbocycles. The van der Waals surface area contributed by atoms with Crippen molar-refractivity contribution >= 4 is 0 Å². The van der Waals surface area contributed by atoms with Crippen LogP contribution in [0.2, 0.25) is 0 Å². The first kappa shape index (κ1) is 13.6. The van der Waals surface area contributed by atoms with Gasteiger partial charge in [0.1, 0.15) is 0 Å². The van der Waals surface area contributed by atoms with Crippen molar-refractivity contribution in [1.29, 1.82) is 0 Å². The summed E-state index contributed by atoms with van der Waals surface area (Å²) >= 11 is 0. The van der Waals surface area contributed by atoms with Gasteiger partial charge in [0.2, 0.25) is 0 Å². The number of hydrogen-bond acceptors (Lipinski definition) is 2. The molecule has 4 bridgehead atoms. The van der Waals surface area contributed by atoms with Crippen LogP contribution in [0, 0.1) is 23.2 Å². The zero-order valence-corrected chi connectivity index (χ0v) is 13.2. The highest BCUT2D eigenvalue weighted by Gasteiger charge is 2.50. The van der Waals surface area contributed by atoms with Crippen LogP contribution in [-0.4, -0.2) is 37.6 Å². The first-order valence-electron chi connectivity index (χ1n) is 9.15. The van der Waals surface area contributed by atoms with Crippen molar-refractivity contribution in [3.8, 4) is 0 Å². The Hall–Kier alpha value is -0.0800. The fourth-order valence-electron chi connectivity index (χ4n) is 6.63. The second kappa shape index (κ2) is 5.28. The monoisotopic (exact) mass is 276 g/mol. The van der Waals surface area contributed by atoms with Gasteiger partial charge in [0.25, 0.3) is 0 Å². The van der Waals surface area contributed by atoms with Crippen LogP contribution in [0.25, 0.3) is 0 Å². The molecule has 1 atom stereocenters. The van der Waals surface area contributed by atoms with Crippen molar-refractivity contribution in [3.05, 3.63) is 0 Å². The van der Waals surface area contributed by atoms with Crippen LogP contribution in [0.5, 0.6) is 0 Å². The molecule has 114 valence electrons. The highest BCUT2D eigenvalue weighted by Crippen LogP contribution is 2.61. The standard InChI is InChI=1S/C18H32N2/c1-19-13-17-3-2-5-20(17)6-4-18-10-14-7-15(11-18)9-16(8-14)12-18/h14-17,19H,2-13H2,1H3. The number of nitrogens with zero attached hydrogens (tertiary/aromatic N) is 1. The minimum absolute atomic E-state index is 0.779. The molecular weight excluding hydrogens is 244 g/mol. The van der Waals surface area contributed by atoms with Crippen LogP contribution in [0.3, 0.4) is 0 Å². The van der Waals surface area contributed by atoms with Crippen LogP contribution < -0.4 is 5.32 Å². The van der Waals surface area contributed by atoms with Gasteiger partial charge in [0, 0.05) is 12.6 Å². The maximum atomic E-state index is 3.39. The normalized spacial score (nSPS) is 47.2. The predicted molar refractivity (Wildman–Crippen MR) is 83.7 cm³/mol. The first-order chi connectivity index (χ1) is 9.76. The molecule has 5 aliphatic rings. The summed E-state index contributed by atoms with van der Waals surface area (Å²) in [6.07, 6.45) is 13.9. The molecule has 0 radical (unpaired) electrons. The molecule has 2 nitrogen and oxygen atoms in total. The summed E-state index contributed by atoms with van der Waals surface area (Å²) in [5.41, 5.74) is 0.779. The van der Waals surface area contributed by atoms with Crippen molar-refractivity contribution in [2.75, 3.05) is 26.7 Å². The number of likely N-dealkylation sites (N-methyl/N-ethyl adjacent to an activating group) is 1. The van der Waals surface area contributed by atoms with Crippen LogP contribution in [-0.2, 0) is 0 Å². The lowest BCUT2D eigenvalue weighted by Gasteiger charge is -2.57. The van der Waals surface area contributed by atoms with E-state index < -0.39 is 0 Å². The maximum Gasteiger partial charge on any atom is 0.0220 e. The number of hydrogen-bond donors (Lipinski definition) is 1. The van der Waals surface area contributed by atoms with Crippen molar-refractivity contribution < 1.29 is 0 Å². The van der Waals surface area contributed by atoms with Crippen molar-refractivity contribution in [3.63, 3.8) is 0 Å². The van der Waals surface area contributed by atoms with E-state index in [1.807, 2.05) is 0 Å². The molecule has 20 heavy (non-hydrogen) atoms. The molecule has 1 aliphatic heterocycles. The topological polar surface area (TPSA) is 15.3 Å². The van der Waals surface area contributed by atoms with Gasteiger partial charge in [-0.2, -0.15) is 0 Å². The molecule has 0 aromatic rings. The van der Waals surface area contributed by atoms with E-state index in [1.165, 1.54) is 38.9 Å². The molecule has 0 aromatic heterocycles. The molecule has 4 aliphatic carbocycles. The lowest BCUT2D eigenvalue weighted by atomic mass is 9.49. The van der Waals surface area contributed by atoms with Gasteiger partial charge in [-0.1, -0.05) is 0 Å². The van der Waals surface area contributed by atoms with E-state index in [0.717, 1.165) is 29.2 Å². The van der Waals surface area contributed by atoms with Gasteiger partial charge in [-0.05, 0) is 101 Å². The molecule has 0 aromatic carbocycles. The summed E-state index contributed by atoms with van der Waals surface area (Å²) in [5.74, 6) is 3.36. The van der Waals surface area contributed by atoms with E-state index in [2.05, 4.69) is 17.3 Å². The molecule has 0 amide bonds. The molecular formula is C18H32N2. The summed E-state index contributed by atoms with van der Waals surface area (Å²) < 4.78 is 0. The summed E-state index contributed by atoms with van der Waals surface area (Å²) in [5, 5.41) is 3.39. The largest absolute Gasteiger partial charge is 0.318 e. The Morgan fingerprint density at radius 2 is 1.70 bits per heavy atom. The van der Waals surface area contributed by atoms with Gasteiger partial charge in [-0.25, -0.2) is 0 Å². The van der Waals surface area contributed by atoms with E-state index in [4.69, 9.17) is 0 Å². The third kappa shape index (κ3) is 2.43. The Morgan fingerprint density at radius 3 is 2.30 bits per heavy atom. The molecule has 0 spiro atoms. The minimum Gasteiger partial charge on any atom is -0.318 e. The lowest BCUT2D eigenvalue weighted by Crippen LogP contribution is -2.48. The first-order valence-corrected chi connectivity index (χ1v) is 9.15. The fourth-order valence-corrected chi connectivity index (χ4v) is 6.63. The lowest BCUT2D eigenvalue weighted by molar-refractivity contribution is -0.0613. The van der Waals surface area contributed by atoms with Gasteiger partial charge in [0.05, 0.1) is 0 Å². The third-order valence-electron chi connectivity index (χ3n) is 7.03. The van der Waals surface area contributed by atoms with Gasteiger partial charge in [-0.3, -0.25) is 4.90 Å². The highest BCUT2D eigenvalue weighted by molar-refractivity contribution is 5.01. The molecule has 5 fully saturated rings. The summed E-state index contributed by atoms with van der Waals surface area (Å²) in [6.45, 7) is 3.94. The highest BCUT2D eigenvalue weighted by atomic mass is 15.2. The zero-order valence-electron chi connectivity index (χ0n) is 13.2. The molecule has 1 unspecified atom stereocenters. The minimum atomic E-state index is 0.779. The SMILES string of the molecule is CNCC1CCCN1CCC12CC3CC(CC(C3)C1)C2. The van der Waals surface area contributed by atoms with E-state index >= 15 is 0 Å². The second-order valence-corrected chi connectivity index (χ2v) is 8.56. The van der Waals surface area contributed by atoms with Crippen molar-refractivity contribution in [2.24, 2.45) is 23.2 Å². The third-order valence-corrected chi connectivity index (χ3v) is 7.03. The smallest absolute Gasteiger partial charge is 0.0220 e. The Morgan fingerprint density at radius 1 is 1.05 bits per heavy atom. The van der Waals surface area contributed by atoms with E-state index in [1.54, 1.807) is 38.5 Å². The van der Waals surface area contributed by atoms with Gasteiger partial charge in [0.15, 0.2) is 0 Å². The van der Waals surface area contributed by atoms with Crippen LogP contribution in [0.1, 0.15) is 57.8 Å². The molecule has 1 saturated heterocycles. The molecule has 1 N–H and O–H groups in total. The Bertz CT molecular complexity index is 316. The van der Waals surface area contributed by atoms with Gasteiger partial charge >= 0.3 is 0 Å². The Kier molecular flexibility index (Phi) is 3.58. The summed E-state index contributed by atoms with van der Waals surface area (Å²) in [6, 6.07) is 0.828. The van der Waals surface area contributed by atoms with Gasteiger partial charge < -0.3 is 5.32 Å². The van der Waals surface area contributed by atoms with Crippen molar-refractivity contribution in [1.82, 2.24) is 10.2 Å². The average Bonchev–Trinajstić information content (AvgIpc) is 2.83. The summed E-state index contributed by atoms with van der Waals surface area (Å²) in [4.78, 5) is 2.80. The van der Waals surface area contributed by atoms with E-state index in [9.17, 15) is 0 Å². The van der Waals surface area contributed by atoms with Crippen LogP contribution >= 0.6 is 0 Å². The average molecular weight is 276 g/mol. The number of likely N-dealkylation sites (tertiary alicyclic amines) is 1. The predicted octanol–water partition coefficient (Wildman–Crippen LogP) is 3.28. The second-order valence-electron chi connectivity index (χ2n) is 8.56. The maximum absolute atomic E-state index is 3.39.